The average molecular weight is 418 g/mol. The van der Waals surface area contributed by atoms with Gasteiger partial charge in [-0.05, 0) is 69.5 Å². The third-order valence-corrected chi connectivity index (χ3v) is 6.54. The van der Waals surface area contributed by atoms with E-state index >= 15 is 0 Å². The van der Waals surface area contributed by atoms with Crippen molar-refractivity contribution in [2.45, 2.75) is 57.5 Å². The summed E-state index contributed by atoms with van der Waals surface area (Å²) in [5, 5.41) is 22.0. The van der Waals surface area contributed by atoms with E-state index in [1.54, 1.807) is 22.3 Å². The lowest BCUT2D eigenvalue weighted by molar-refractivity contribution is 0.0180. The van der Waals surface area contributed by atoms with Crippen LogP contribution in [0.15, 0.2) is 35.7 Å². The van der Waals surface area contributed by atoms with Gasteiger partial charge in [0.15, 0.2) is 0 Å². The quantitative estimate of drug-likeness (QED) is 0.740. The van der Waals surface area contributed by atoms with Gasteiger partial charge in [0.1, 0.15) is 11.4 Å². The van der Waals surface area contributed by atoms with Crippen LogP contribution in [-0.4, -0.2) is 46.5 Å². The molecule has 0 radical (unpaired) electrons. The molecule has 1 amide bonds. The SMILES string of the molecule is CC(C)(C)OC(=O)N1CCC(c2cccs2)(c2cc(CCCO)ccc2O)CC1. The number of rotatable bonds is 5. The predicted octanol–water partition coefficient (Wildman–Crippen LogP) is 4.70. The van der Waals surface area contributed by atoms with Crippen molar-refractivity contribution in [2.24, 2.45) is 0 Å². The van der Waals surface area contributed by atoms with Gasteiger partial charge < -0.3 is 19.8 Å². The molecule has 1 aromatic heterocycles. The molecule has 0 bridgehead atoms. The van der Waals surface area contributed by atoms with E-state index in [0.717, 1.165) is 30.4 Å². The zero-order chi connectivity index (χ0) is 21.1. The van der Waals surface area contributed by atoms with Gasteiger partial charge in [-0.3, -0.25) is 0 Å². The minimum absolute atomic E-state index is 0.150. The van der Waals surface area contributed by atoms with Gasteiger partial charge in [-0.25, -0.2) is 4.79 Å². The zero-order valence-electron chi connectivity index (χ0n) is 17.5. The summed E-state index contributed by atoms with van der Waals surface area (Å²) in [7, 11) is 0. The van der Waals surface area contributed by atoms with Crippen LogP contribution < -0.4 is 0 Å². The summed E-state index contributed by atoms with van der Waals surface area (Å²) >= 11 is 1.69. The van der Waals surface area contributed by atoms with Crippen LogP contribution >= 0.6 is 11.3 Å². The van der Waals surface area contributed by atoms with Crippen molar-refractivity contribution in [1.29, 1.82) is 0 Å². The molecule has 2 heterocycles. The number of ether oxygens (including phenoxy) is 1. The first kappa shape index (κ1) is 21.7. The molecule has 1 aliphatic heterocycles. The Morgan fingerprint density at radius 2 is 1.97 bits per heavy atom. The van der Waals surface area contributed by atoms with Gasteiger partial charge in [0.2, 0.25) is 0 Å². The first-order valence-corrected chi connectivity index (χ1v) is 11.1. The standard InChI is InChI=1S/C23H31NO4S/c1-22(2,3)28-21(27)24-12-10-23(11-13-24,20-7-5-15-29-20)18-16-17(6-4-14-25)8-9-19(18)26/h5,7-9,15-16,25-26H,4,6,10-14H2,1-3H3. The lowest BCUT2D eigenvalue weighted by Gasteiger charge is -2.42. The molecule has 1 fully saturated rings. The maximum atomic E-state index is 12.5. The third-order valence-electron chi connectivity index (χ3n) is 5.46. The van der Waals surface area contributed by atoms with Crippen molar-refractivity contribution >= 4 is 17.4 Å². The molecule has 0 saturated carbocycles. The van der Waals surface area contributed by atoms with Gasteiger partial charge in [0.25, 0.3) is 0 Å². The molecule has 0 spiro atoms. The number of phenols is 1. The lowest BCUT2D eigenvalue weighted by Crippen LogP contribution is -2.47. The summed E-state index contributed by atoms with van der Waals surface area (Å²) in [5.74, 6) is 0.289. The second-order valence-corrected chi connectivity index (χ2v) is 9.65. The Labute approximate surface area is 176 Å². The highest BCUT2D eigenvalue weighted by atomic mass is 32.1. The van der Waals surface area contributed by atoms with Crippen LogP contribution in [0.1, 0.15) is 56.0 Å². The van der Waals surface area contributed by atoms with Gasteiger partial charge in [-0.15, -0.1) is 11.3 Å². The summed E-state index contributed by atoms with van der Waals surface area (Å²) in [6.45, 7) is 6.93. The first-order valence-electron chi connectivity index (χ1n) is 10.2. The number of phenolic OH excluding ortho intramolecular Hbond substituents is 1. The van der Waals surface area contributed by atoms with Crippen LogP contribution in [0.2, 0.25) is 0 Å². The Kier molecular flexibility index (Phi) is 6.54. The fourth-order valence-electron chi connectivity index (χ4n) is 4.00. The van der Waals surface area contributed by atoms with E-state index < -0.39 is 5.60 Å². The number of piperidine rings is 1. The molecule has 2 N–H and O–H groups in total. The second-order valence-electron chi connectivity index (χ2n) is 8.71. The van der Waals surface area contributed by atoms with E-state index in [1.807, 2.05) is 32.9 Å². The Bertz CT molecular complexity index is 818. The molecule has 2 aromatic rings. The van der Waals surface area contributed by atoms with Gasteiger partial charge in [0.05, 0.1) is 0 Å². The van der Waals surface area contributed by atoms with Gasteiger partial charge in [-0.1, -0.05) is 18.2 Å². The number of aliphatic hydroxyl groups is 1. The highest BCUT2D eigenvalue weighted by Gasteiger charge is 2.42. The minimum Gasteiger partial charge on any atom is -0.508 e. The van der Waals surface area contributed by atoms with Crippen molar-refractivity contribution in [3.05, 3.63) is 51.7 Å². The van der Waals surface area contributed by atoms with E-state index in [4.69, 9.17) is 9.84 Å². The van der Waals surface area contributed by atoms with Crippen molar-refractivity contribution in [3.8, 4) is 5.75 Å². The number of aryl methyl sites for hydroxylation is 1. The highest BCUT2D eigenvalue weighted by Crippen LogP contribution is 2.47. The summed E-state index contributed by atoms with van der Waals surface area (Å²) < 4.78 is 5.55. The molecular weight excluding hydrogens is 386 g/mol. The first-order chi connectivity index (χ1) is 13.7. The van der Waals surface area contributed by atoms with Gasteiger partial charge >= 0.3 is 6.09 Å². The zero-order valence-corrected chi connectivity index (χ0v) is 18.3. The largest absolute Gasteiger partial charge is 0.508 e. The number of carbonyl (C=O) groups is 1. The van der Waals surface area contributed by atoms with Crippen LogP contribution in [0.25, 0.3) is 0 Å². The molecule has 3 rings (SSSR count). The summed E-state index contributed by atoms with van der Waals surface area (Å²) in [4.78, 5) is 15.5. The van der Waals surface area contributed by atoms with Crippen LogP contribution in [0.5, 0.6) is 5.75 Å². The molecule has 1 aromatic carbocycles. The smallest absolute Gasteiger partial charge is 0.410 e. The molecular formula is C23H31NO4S. The van der Waals surface area contributed by atoms with Crippen LogP contribution in [0.3, 0.4) is 0 Å². The van der Waals surface area contributed by atoms with Gasteiger partial charge in [0, 0.05) is 35.6 Å². The van der Waals surface area contributed by atoms with E-state index in [2.05, 4.69) is 17.5 Å². The fourth-order valence-corrected chi connectivity index (χ4v) is 5.00. The van der Waals surface area contributed by atoms with E-state index in [-0.39, 0.29) is 23.9 Å². The molecule has 0 aliphatic carbocycles. The number of hydrogen-bond acceptors (Lipinski definition) is 5. The normalized spacial score (nSPS) is 16.6. The van der Waals surface area contributed by atoms with E-state index in [0.29, 0.717) is 19.5 Å². The second kappa shape index (κ2) is 8.76. The van der Waals surface area contributed by atoms with Crippen LogP contribution in [0, 0.1) is 0 Å². The molecule has 1 aliphatic rings. The van der Waals surface area contributed by atoms with Crippen LogP contribution in [0.4, 0.5) is 4.79 Å². The molecule has 0 unspecified atom stereocenters. The number of aromatic hydroxyl groups is 1. The van der Waals surface area contributed by atoms with E-state index in [1.165, 1.54) is 4.88 Å². The van der Waals surface area contributed by atoms with Crippen molar-refractivity contribution in [2.75, 3.05) is 19.7 Å². The number of carbonyl (C=O) groups excluding carboxylic acids is 1. The summed E-state index contributed by atoms with van der Waals surface area (Å²) in [5.41, 5.74) is 1.18. The molecule has 158 valence electrons. The number of amides is 1. The molecule has 0 atom stereocenters. The number of benzene rings is 1. The molecule has 1 saturated heterocycles. The number of hydrogen-bond donors (Lipinski definition) is 2. The maximum absolute atomic E-state index is 12.5. The molecule has 6 heteroatoms. The van der Waals surface area contributed by atoms with Crippen molar-refractivity contribution in [1.82, 2.24) is 4.90 Å². The Hall–Kier alpha value is -2.05. The predicted molar refractivity (Wildman–Crippen MR) is 116 cm³/mol. The average Bonchev–Trinajstić information content (AvgIpc) is 3.21. The molecule has 29 heavy (non-hydrogen) atoms. The maximum Gasteiger partial charge on any atom is 0.410 e. The Balaban J connectivity index is 1.90. The number of aliphatic hydroxyl groups excluding tert-OH is 1. The van der Waals surface area contributed by atoms with E-state index in [9.17, 15) is 9.90 Å². The highest BCUT2D eigenvalue weighted by molar-refractivity contribution is 7.10. The summed E-state index contributed by atoms with van der Waals surface area (Å²) in [6.07, 6.45) is 2.64. The Morgan fingerprint density at radius 3 is 2.55 bits per heavy atom. The van der Waals surface area contributed by atoms with Crippen molar-refractivity contribution < 1.29 is 19.7 Å². The fraction of sp³-hybridized carbons (Fsp3) is 0.522. The lowest BCUT2D eigenvalue weighted by atomic mass is 9.71. The molecule has 5 nitrogen and oxygen atoms in total. The summed E-state index contributed by atoms with van der Waals surface area (Å²) in [6, 6.07) is 9.92. The monoisotopic (exact) mass is 417 g/mol. The third kappa shape index (κ3) is 4.93. The number of likely N-dealkylation sites (tertiary alicyclic amines) is 1. The van der Waals surface area contributed by atoms with Crippen LogP contribution in [-0.2, 0) is 16.6 Å². The number of thiophene rings is 1. The minimum atomic E-state index is -0.515. The van der Waals surface area contributed by atoms with Gasteiger partial charge in [-0.2, -0.15) is 0 Å². The van der Waals surface area contributed by atoms with Crippen molar-refractivity contribution in [3.63, 3.8) is 0 Å². The number of nitrogens with zero attached hydrogens (tertiary/aromatic N) is 1. The Morgan fingerprint density at radius 1 is 1.24 bits per heavy atom. The topological polar surface area (TPSA) is 70.0 Å².